The summed E-state index contributed by atoms with van der Waals surface area (Å²) in [6.45, 7) is 3.43. The summed E-state index contributed by atoms with van der Waals surface area (Å²) in [5.74, 6) is 2.02. The van der Waals surface area contributed by atoms with Crippen molar-refractivity contribution in [3.05, 3.63) is 0 Å². The summed E-state index contributed by atoms with van der Waals surface area (Å²) in [5.41, 5.74) is 0. The molecule has 3 aliphatic rings. The van der Waals surface area contributed by atoms with Crippen molar-refractivity contribution in [1.29, 1.82) is 0 Å². The van der Waals surface area contributed by atoms with Crippen LogP contribution in [0.2, 0.25) is 0 Å². The molecule has 6 heteroatoms. The first-order valence-electron chi connectivity index (χ1n) is 8.15. The van der Waals surface area contributed by atoms with Gasteiger partial charge < -0.3 is 15.1 Å². The number of nitrogens with one attached hydrogen (secondary N) is 1. The highest BCUT2D eigenvalue weighted by molar-refractivity contribution is 7.99. The van der Waals surface area contributed by atoms with Crippen LogP contribution in [0, 0.1) is 5.92 Å². The van der Waals surface area contributed by atoms with Gasteiger partial charge in [0.25, 0.3) is 0 Å². The van der Waals surface area contributed by atoms with E-state index in [0.29, 0.717) is 5.88 Å². The highest BCUT2D eigenvalue weighted by Crippen LogP contribution is 2.31. The summed E-state index contributed by atoms with van der Waals surface area (Å²) < 4.78 is 0. The van der Waals surface area contributed by atoms with Crippen molar-refractivity contribution in [2.24, 2.45) is 5.92 Å². The van der Waals surface area contributed by atoms with Gasteiger partial charge in [-0.2, -0.15) is 0 Å². The van der Waals surface area contributed by atoms with Gasteiger partial charge >= 0.3 is 0 Å². The number of nitrogens with zero attached hydrogens (tertiary/aromatic N) is 2. The van der Waals surface area contributed by atoms with E-state index in [1.54, 1.807) is 11.8 Å². The molecule has 1 aliphatic carbocycles. The molecule has 1 atom stereocenters. The van der Waals surface area contributed by atoms with Gasteiger partial charge in [-0.3, -0.25) is 9.59 Å². The molecule has 3 fully saturated rings. The van der Waals surface area contributed by atoms with Crippen molar-refractivity contribution in [3.63, 3.8) is 0 Å². The predicted molar refractivity (Wildman–Crippen MR) is 84.0 cm³/mol. The van der Waals surface area contributed by atoms with E-state index >= 15 is 0 Å². The van der Waals surface area contributed by atoms with E-state index in [4.69, 9.17) is 0 Å². The zero-order valence-corrected chi connectivity index (χ0v) is 13.4. The van der Waals surface area contributed by atoms with Crippen molar-refractivity contribution >= 4 is 23.6 Å². The standard InChI is InChI=1S/C15H25N3O2S/c19-14(12-4-1-2-5-12)18-11-21-10-13(18)15(20)17-8-3-6-16-7-9-17/h12-13,16H,1-11H2. The van der Waals surface area contributed by atoms with Gasteiger partial charge in [-0.15, -0.1) is 11.8 Å². The summed E-state index contributed by atoms with van der Waals surface area (Å²) in [6, 6.07) is -0.221. The molecule has 1 N–H and O–H groups in total. The Morgan fingerprint density at radius 2 is 1.81 bits per heavy atom. The average molecular weight is 311 g/mol. The van der Waals surface area contributed by atoms with Gasteiger partial charge in [0.15, 0.2) is 0 Å². The first-order chi connectivity index (χ1) is 10.3. The van der Waals surface area contributed by atoms with Crippen molar-refractivity contribution in [3.8, 4) is 0 Å². The van der Waals surface area contributed by atoms with Crippen LogP contribution in [-0.4, -0.2) is 65.5 Å². The Morgan fingerprint density at radius 3 is 2.62 bits per heavy atom. The summed E-state index contributed by atoms with van der Waals surface area (Å²) in [5, 5.41) is 3.32. The van der Waals surface area contributed by atoms with Gasteiger partial charge in [-0.25, -0.2) is 0 Å². The molecule has 1 unspecified atom stereocenters. The summed E-state index contributed by atoms with van der Waals surface area (Å²) in [4.78, 5) is 29.2. The minimum atomic E-state index is -0.221. The fourth-order valence-electron chi connectivity index (χ4n) is 3.55. The first-order valence-corrected chi connectivity index (χ1v) is 9.30. The summed E-state index contributed by atoms with van der Waals surface area (Å²) in [7, 11) is 0. The molecule has 0 aromatic heterocycles. The Bertz CT molecular complexity index is 390. The Balaban J connectivity index is 1.64. The summed E-state index contributed by atoms with van der Waals surface area (Å²) in [6.07, 6.45) is 5.34. The third-order valence-corrected chi connectivity index (χ3v) is 5.82. The van der Waals surface area contributed by atoms with E-state index in [9.17, 15) is 9.59 Å². The third-order valence-electron chi connectivity index (χ3n) is 4.81. The maximum atomic E-state index is 12.8. The van der Waals surface area contributed by atoms with Crippen LogP contribution in [0.15, 0.2) is 0 Å². The molecule has 0 radical (unpaired) electrons. The van der Waals surface area contributed by atoms with Crippen LogP contribution in [0.3, 0.4) is 0 Å². The smallest absolute Gasteiger partial charge is 0.246 e. The lowest BCUT2D eigenvalue weighted by Crippen LogP contribution is -2.50. The molecule has 2 aliphatic heterocycles. The minimum Gasteiger partial charge on any atom is -0.340 e. The van der Waals surface area contributed by atoms with Crippen LogP contribution in [0.1, 0.15) is 32.1 Å². The molecule has 2 saturated heterocycles. The van der Waals surface area contributed by atoms with Gasteiger partial charge in [0.1, 0.15) is 6.04 Å². The van der Waals surface area contributed by atoms with Gasteiger partial charge in [0, 0.05) is 31.3 Å². The predicted octanol–water partition coefficient (Wildman–Crippen LogP) is 0.900. The SMILES string of the molecule is O=C(C1CSCN1C(=O)C1CCCC1)N1CCCNCC1. The van der Waals surface area contributed by atoms with Crippen molar-refractivity contribution < 1.29 is 9.59 Å². The monoisotopic (exact) mass is 311 g/mol. The molecule has 0 aromatic carbocycles. The van der Waals surface area contributed by atoms with E-state index in [-0.39, 0.29) is 23.8 Å². The number of hydrogen-bond acceptors (Lipinski definition) is 4. The minimum absolute atomic E-state index is 0.162. The van der Waals surface area contributed by atoms with Crippen molar-refractivity contribution in [2.75, 3.05) is 37.8 Å². The largest absolute Gasteiger partial charge is 0.340 e. The molecule has 0 bridgehead atoms. The second-order valence-corrected chi connectivity index (χ2v) is 7.23. The molecule has 0 aromatic rings. The lowest BCUT2D eigenvalue weighted by Gasteiger charge is -2.30. The van der Waals surface area contributed by atoms with Crippen molar-refractivity contribution in [2.45, 2.75) is 38.1 Å². The molecule has 0 spiro atoms. The van der Waals surface area contributed by atoms with Gasteiger partial charge in [0.2, 0.25) is 11.8 Å². The van der Waals surface area contributed by atoms with E-state index in [1.165, 1.54) is 0 Å². The van der Waals surface area contributed by atoms with Crippen molar-refractivity contribution in [1.82, 2.24) is 15.1 Å². The quantitative estimate of drug-likeness (QED) is 0.823. The summed E-state index contributed by atoms with van der Waals surface area (Å²) >= 11 is 1.72. The van der Waals surface area contributed by atoms with E-state index in [2.05, 4.69) is 5.32 Å². The topological polar surface area (TPSA) is 52.7 Å². The highest BCUT2D eigenvalue weighted by atomic mass is 32.2. The molecular weight excluding hydrogens is 286 g/mol. The second kappa shape index (κ2) is 7.01. The molecule has 1 saturated carbocycles. The zero-order chi connectivity index (χ0) is 14.7. The van der Waals surface area contributed by atoms with E-state index in [0.717, 1.165) is 64.0 Å². The molecule has 118 valence electrons. The number of carbonyl (C=O) groups excluding carboxylic acids is 2. The van der Waals surface area contributed by atoms with Crippen LogP contribution in [0.5, 0.6) is 0 Å². The van der Waals surface area contributed by atoms with Gasteiger partial charge in [0.05, 0.1) is 5.88 Å². The van der Waals surface area contributed by atoms with E-state index < -0.39 is 0 Å². The van der Waals surface area contributed by atoms with Crippen LogP contribution in [0.4, 0.5) is 0 Å². The Kier molecular flexibility index (Phi) is 5.06. The Hall–Kier alpha value is -0.750. The number of hydrogen-bond donors (Lipinski definition) is 1. The number of amides is 2. The van der Waals surface area contributed by atoms with Crippen LogP contribution < -0.4 is 5.32 Å². The van der Waals surface area contributed by atoms with Crippen LogP contribution in [0.25, 0.3) is 0 Å². The number of thioether (sulfide) groups is 1. The lowest BCUT2D eigenvalue weighted by atomic mass is 10.1. The van der Waals surface area contributed by atoms with E-state index in [1.807, 2.05) is 9.80 Å². The molecule has 5 nitrogen and oxygen atoms in total. The van der Waals surface area contributed by atoms with Crippen LogP contribution in [-0.2, 0) is 9.59 Å². The fourth-order valence-corrected chi connectivity index (χ4v) is 4.70. The highest BCUT2D eigenvalue weighted by Gasteiger charge is 2.39. The third kappa shape index (κ3) is 3.37. The maximum absolute atomic E-state index is 12.8. The van der Waals surface area contributed by atoms with Crippen LogP contribution >= 0.6 is 11.8 Å². The maximum Gasteiger partial charge on any atom is 0.246 e. The normalized spacial score (nSPS) is 27.9. The fraction of sp³-hybridized carbons (Fsp3) is 0.867. The molecule has 3 rings (SSSR count). The first kappa shape index (κ1) is 15.2. The number of rotatable bonds is 2. The average Bonchev–Trinajstić information content (AvgIpc) is 3.12. The number of carbonyl (C=O) groups is 2. The Morgan fingerprint density at radius 1 is 1.00 bits per heavy atom. The molecule has 21 heavy (non-hydrogen) atoms. The van der Waals surface area contributed by atoms with Gasteiger partial charge in [-0.1, -0.05) is 12.8 Å². The second-order valence-electron chi connectivity index (χ2n) is 6.23. The molecule has 2 amide bonds. The van der Waals surface area contributed by atoms with Gasteiger partial charge in [-0.05, 0) is 25.8 Å². The zero-order valence-electron chi connectivity index (χ0n) is 12.6. The lowest BCUT2D eigenvalue weighted by molar-refractivity contribution is -0.145. The molecule has 2 heterocycles. The Labute approximate surface area is 130 Å². The molecular formula is C15H25N3O2S.